The lowest BCUT2D eigenvalue weighted by molar-refractivity contribution is -0.138. The van der Waals surface area contributed by atoms with Crippen molar-refractivity contribution in [3.05, 3.63) is 0 Å². The van der Waals surface area contributed by atoms with Crippen LogP contribution < -0.4 is 5.73 Å². The van der Waals surface area contributed by atoms with E-state index < -0.39 is 18.0 Å². The van der Waals surface area contributed by atoms with Crippen molar-refractivity contribution in [3.63, 3.8) is 0 Å². The number of aliphatic carboxylic acids is 2. The van der Waals surface area contributed by atoms with Crippen LogP contribution in [0.1, 0.15) is 0 Å². The SMILES string of the molecule is N[C@@H](CSCC(=O)O)C(=O)O.O. The third-order valence-electron chi connectivity index (χ3n) is 0.840. The van der Waals surface area contributed by atoms with E-state index in [9.17, 15) is 9.59 Å². The van der Waals surface area contributed by atoms with E-state index in [4.69, 9.17) is 15.9 Å². The van der Waals surface area contributed by atoms with Gasteiger partial charge in [0.25, 0.3) is 0 Å². The smallest absolute Gasteiger partial charge is 0.321 e. The van der Waals surface area contributed by atoms with Gasteiger partial charge in [-0.05, 0) is 0 Å². The maximum atomic E-state index is 10.1. The summed E-state index contributed by atoms with van der Waals surface area (Å²) >= 11 is 0.992. The van der Waals surface area contributed by atoms with Crippen molar-refractivity contribution in [2.24, 2.45) is 5.73 Å². The highest BCUT2D eigenvalue weighted by molar-refractivity contribution is 8.00. The first-order valence-electron chi connectivity index (χ1n) is 2.82. The van der Waals surface area contributed by atoms with Gasteiger partial charge >= 0.3 is 11.9 Å². The molecule has 0 bridgehead atoms. The van der Waals surface area contributed by atoms with Crippen LogP contribution in [0.15, 0.2) is 0 Å². The van der Waals surface area contributed by atoms with Gasteiger partial charge in [0.2, 0.25) is 0 Å². The number of nitrogens with two attached hydrogens (primary N) is 1. The highest BCUT2D eigenvalue weighted by Crippen LogP contribution is 2.00. The molecule has 7 heteroatoms. The molecule has 72 valence electrons. The average Bonchev–Trinajstić information content (AvgIpc) is 1.86. The van der Waals surface area contributed by atoms with E-state index in [0.29, 0.717) is 0 Å². The monoisotopic (exact) mass is 197 g/mol. The Hall–Kier alpha value is -0.790. The second kappa shape index (κ2) is 6.89. The Morgan fingerprint density at radius 3 is 2.25 bits per heavy atom. The molecule has 0 saturated heterocycles. The fourth-order valence-electron chi connectivity index (χ4n) is 0.344. The van der Waals surface area contributed by atoms with Crippen molar-refractivity contribution < 1.29 is 25.3 Å². The molecule has 0 saturated carbocycles. The molecule has 6 N–H and O–H groups in total. The fourth-order valence-corrected chi connectivity index (χ4v) is 1.03. The van der Waals surface area contributed by atoms with Gasteiger partial charge in [-0.2, -0.15) is 0 Å². The molecule has 1 atom stereocenters. The van der Waals surface area contributed by atoms with Crippen LogP contribution in [0.4, 0.5) is 0 Å². The molecule has 0 aliphatic carbocycles. The van der Waals surface area contributed by atoms with Crippen LogP contribution in [0.2, 0.25) is 0 Å². The summed E-state index contributed by atoms with van der Waals surface area (Å²) in [6.45, 7) is 0. The van der Waals surface area contributed by atoms with Crippen LogP contribution in [-0.4, -0.2) is 45.2 Å². The van der Waals surface area contributed by atoms with Gasteiger partial charge in [0.15, 0.2) is 0 Å². The maximum absolute atomic E-state index is 10.1. The van der Waals surface area contributed by atoms with Crippen molar-refractivity contribution in [1.29, 1.82) is 0 Å². The minimum absolute atomic E-state index is 0. The van der Waals surface area contributed by atoms with Crippen LogP contribution in [0.5, 0.6) is 0 Å². The minimum atomic E-state index is -1.11. The van der Waals surface area contributed by atoms with Crippen LogP contribution in [0.25, 0.3) is 0 Å². The van der Waals surface area contributed by atoms with Gasteiger partial charge in [-0.1, -0.05) is 0 Å². The summed E-state index contributed by atoms with van der Waals surface area (Å²) in [5.41, 5.74) is 5.09. The van der Waals surface area contributed by atoms with Gasteiger partial charge in [-0.3, -0.25) is 9.59 Å². The molecule has 0 aromatic heterocycles. The molecule has 0 amide bonds. The topological polar surface area (TPSA) is 132 Å². The number of carboxylic acids is 2. The van der Waals surface area contributed by atoms with Gasteiger partial charge in [-0.15, -0.1) is 11.8 Å². The first-order chi connectivity index (χ1) is 5.04. The molecule has 0 aromatic rings. The molecule has 0 radical (unpaired) electrons. The number of carbonyl (C=O) groups is 2. The second-order valence-corrected chi connectivity index (χ2v) is 2.88. The number of hydrogen-bond donors (Lipinski definition) is 3. The molecule has 0 heterocycles. The Bertz CT molecular complexity index is 162. The minimum Gasteiger partial charge on any atom is -0.481 e. The Kier molecular flexibility index (Phi) is 7.91. The summed E-state index contributed by atoms with van der Waals surface area (Å²) in [6.07, 6.45) is 0. The van der Waals surface area contributed by atoms with E-state index in [1.165, 1.54) is 0 Å². The van der Waals surface area contributed by atoms with Gasteiger partial charge in [0.05, 0.1) is 5.75 Å². The second-order valence-electron chi connectivity index (χ2n) is 1.85. The third-order valence-corrected chi connectivity index (χ3v) is 1.89. The molecule has 0 aromatic carbocycles. The third kappa shape index (κ3) is 7.32. The Labute approximate surface area is 73.1 Å². The lowest BCUT2D eigenvalue weighted by Crippen LogP contribution is -2.32. The maximum Gasteiger partial charge on any atom is 0.321 e. The van der Waals surface area contributed by atoms with E-state index >= 15 is 0 Å². The Morgan fingerprint density at radius 2 is 1.92 bits per heavy atom. The van der Waals surface area contributed by atoms with E-state index in [-0.39, 0.29) is 17.0 Å². The number of carboxylic acid groups (broad SMARTS) is 2. The molecular formula is C5H11NO5S. The fraction of sp³-hybridized carbons (Fsp3) is 0.600. The van der Waals surface area contributed by atoms with Gasteiger partial charge in [0, 0.05) is 5.75 Å². The summed E-state index contributed by atoms with van der Waals surface area (Å²) in [4.78, 5) is 20.0. The molecule has 0 aliphatic rings. The van der Waals surface area contributed by atoms with E-state index in [1.54, 1.807) is 0 Å². The van der Waals surface area contributed by atoms with Crippen molar-refractivity contribution in [2.45, 2.75) is 6.04 Å². The Morgan fingerprint density at radius 1 is 1.42 bits per heavy atom. The normalized spacial score (nSPS) is 11.4. The van der Waals surface area contributed by atoms with Crippen molar-refractivity contribution in [2.75, 3.05) is 11.5 Å². The number of thioether (sulfide) groups is 1. The zero-order chi connectivity index (χ0) is 8.85. The van der Waals surface area contributed by atoms with Gasteiger partial charge < -0.3 is 21.4 Å². The number of hydrogen-bond acceptors (Lipinski definition) is 4. The first kappa shape index (κ1) is 13.8. The lowest BCUT2D eigenvalue weighted by atomic mass is 10.4. The summed E-state index contributed by atoms with van der Waals surface area (Å²) in [6, 6.07) is -0.973. The summed E-state index contributed by atoms with van der Waals surface area (Å²) in [7, 11) is 0. The van der Waals surface area contributed by atoms with Crippen LogP contribution in [0.3, 0.4) is 0 Å². The zero-order valence-electron chi connectivity index (χ0n) is 6.19. The molecule has 0 unspecified atom stereocenters. The summed E-state index contributed by atoms with van der Waals surface area (Å²) < 4.78 is 0. The van der Waals surface area contributed by atoms with Crippen molar-refractivity contribution >= 4 is 23.7 Å². The standard InChI is InChI=1S/C5H9NO4S.H2O/c6-3(5(9)10)1-11-2-4(7)8;/h3H,1-2,6H2,(H,7,8)(H,9,10);1H2/t3-;/m0./s1. The van der Waals surface area contributed by atoms with Gasteiger partial charge in [-0.25, -0.2) is 0 Å². The van der Waals surface area contributed by atoms with Crippen LogP contribution in [-0.2, 0) is 9.59 Å². The van der Waals surface area contributed by atoms with Crippen molar-refractivity contribution in [1.82, 2.24) is 0 Å². The number of rotatable bonds is 5. The molecule has 0 rings (SSSR count). The largest absolute Gasteiger partial charge is 0.481 e. The first-order valence-corrected chi connectivity index (χ1v) is 3.97. The molecule has 6 nitrogen and oxygen atoms in total. The molecule has 12 heavy (non-hydrogen) atoms. The highest BCUT2D eigenvalue weighted by Gasteiger charge is 2.11. The molecular weight excluding hydrogens is 186 g/mol. The zero-order valence-corrected chi connectivity index (χ0v) is 7.00. The molecule has 0 fully saturated rings. The summed E-state index contributed by atoms with van der Waals surface area (Å²) in [5, 5.41) is 16.4. The van der Waals surface area contributed by atoms with Crippen molar-refractivity contribution in [3.8, 4) is 0 Å². The molecule has 0 spiro atoms. The van der Waals surface area contributed by atoms with E-state index in [2.05, 4.69) is 0 Å². The van der Waals surface area contributed by atoms with Gasteiger partial charge in [0.1, 0.15) is 6.04 Å². The highest BCUT2D eigenvalue weighted by atomic mass is 32.2. The summed E-state index contributed by atoms with van der Waals surface area (Å²) in [5.74, 6) is -2.06. The molecule has 0 aliphatic heterocycles. The average molecular weight is 197 g/mol. The van der Waals surface area contributed by atoms with E-state index in [1.807, 2.05) is 0 Å². The van der Waals surface area contributed by atoms with Crippen LogP contribution in [0, 0.1) is 0 Å². The predicted molar refractivity (Wildman–Crippen MR) is 44.2 cm³/mol. The predicted octanol–water partition coefficient (Wildman–Crippen LogP) is -1.61. The van der Waals surface area contributed by atoms with E-state index in [0.717, 1.165) is 11.8 Å². The quantitative estimate of drug-likeness (QED) is 0.485. The lowest BCUT2D eigenvalue weighted by Gasteiger charge is -2.02. The Balaban J connectivity index is 0. The van der Waals surface area contributed by atoms with Crippen LogP contribution >= 0.6 is 11.8 Å².